The summed E-state index contributed by atoms with van der Waals surface area (Å²) in [5.41, 5.74) is 2.01. The number of fused-ring (bicyclic) bond motifs is 1. The number of rotatable bonds is 4. The van der Waals surface area contributed by atoms with Crippen LogP contribution in [0.25, 0.3) is 11.3 Å². The fraction of sp³-hybridized carbons (Fsp3) is 0.500. The predicted molar refractivity (Wildman–Crippen MR) is 123 cm³/mol. The molecule has 1 aromatic heterocycles. The molecule has 2 N–H and O–H groups in total. The van der Waals surface area contributed by atoms with Crippen LogP contribution >= 0.6 is 0 Å². The van der Waals surface area contributed by atoms with Gasteiger partial charge in [-0.25, -0.2) is 4.79 Å². The number of amides is 2. The predicted octanol–water partition coefficient (Wildman–Crippen LogP) is 4.16. The van der Waals surface area contributed by atoms with Gasteiger partial charge in [-0.2, -0.15) is 0 Å². The molecule has 0 bridgehead atoms. The number of carbonyl (C=O) groups excluding carboxylic acids is 2. The van der Waals surface area contributed by atoms with Crippen molar-refractivity contribution in [1.29, 1.82) is 0 Å². The Morgan fingerprint density at radius 3 is 2.19 bits per heavy atom. The zero-order chi connectivity index (χ0) is 22.9. The maximum atomic E-state index is 12.3. The van der Waals surface area contributed by atoms with Crippen LogP contribution in [0.4, 0.5) is 16.3 Å². The highest BCUT2D eigenvalue weighted by atomic mass is 16.6. The molecule has 0 radical (unpaired) electrons. The highest BCUT2D eigenvalue weighted by Crippen LogP contribution is 2.39. The molecular formula is C24H31N5O3. The van der Waals surface area contributed by atoms with Gasteiger partial charge < -0.3 is 20.3 Å². The van der Waals surface area contributed by atoms with Crippen molar-refractivity contribution in [3.8, 4) is 11.3 Å². The van der Waals surface area contributed by atoms with E-state index in [9.17, 15) is 9.59 Å². The second kappa shape index (κ2) is 8.76. The van der Waals surface area contributed by atoms with E-state index in [1.54, 1.807) is 0 Å². The summed E-state index contributed by atoms with van der Waals surface area (Å²) >= 11 is 0. The molecule has 1 saturated heterocycles. The molecule has 1 unspecified atom stereocenters. The number of ether oxygens (including phenoxy) is 1. The van der Waals surface area contributed by atoms with Crippen molar-refractivity contribution in [1.82, 2.24) is 15.1 Å². The van der Waals surface area contributed by atoms with Crippen LogP contribution in [0.1, 0.15) is 40.5 Å². The Balaban J connectivity index is 1.29. The number of carbonyl (C=O) groups is 2. The third-order valence-corrected chi connectivity index (χ3v) is 5.92. The van der Waals surface area contributed by atoms with E-state index in [1.807, 2.05) is 62.1 Å². The van der Waals surface area contributed by atoms with E-state index in [4.69, 9.17) is 4.74 Å². The number of aromatic nitrogens is 2. The molecule has 4 rings (SSSR count). The number of hydrogen-bond donors (Lipinski definition) is 2. The average molecular weight is 438 g/mol. The molecule has 2 aliphatic rings. The molecule has 2 amide bonds. The minimum atomic E-state index is -0.461. The Kier molecular flexibility index (Phi) is 6.04. The van der Waals surface area contributed by atoms with E-state index in [2.05, 4.69) is 20.8 Å². The van der Waals surface area contributed by atoms with Gasteiger partial charge in [0, 0.05) is 37.3 Å². The number of anilines is 2. The van der Waals surface area contributed by atoms with Crippen molar-refractivity contribution in [2.45, 2.75) is 52.2 Å². The summed E-state index contributed by atoms with van der Waals surface area (Å²) < 4.78 is 5.52. The lowest BCUT2D eigenvalue weighted by atomic mass is 10.0. The number of likely N-dealkylation sites (tertiary alicyclic amines) is 1. The maximum Gasteiger partial charge on any atom is 0.410 e. The monoisotopic (exact) mass is 437 g/mol. The Bertz CT molecular complexity index is 955. The standard InChI is InChI=1S/C24H31N5O3/c1-15(30)25-19-7-5-16(6-8-19)21-9-10-22(28-27-21)26-20-11-17-13-29(14-18(17)12-20)23(31)32-24(2,3)4/h5-10,17-18,20H,11-14H2,1-4H3,(H,25,30)(H,26,28)/t17-,18+,20?. The molecule has 170 valence electrons. The van der Waals surface area contributed by atoms with Gasteiger partial charge in [0.05, 0.1) is 5.69 Å². The van der Waals surface area contributed by atoms with Gasteiger partial charge in [0.1, 0.15) is 11.4 Å². The first kappa shape index (κ1) is 22.0. The molecule has 8 nitrogen and oxygen atoms in total. The van der Waals surface area contributed by atoms with Gasteiger partial charge in [-0.1, -0.05) is 12.1 Å². The quantitative estimate of drug-likeness (QED) is 0.746. The summed E-state index contributed by atoms with van der Waals surface area (Å²) in [7, 11) is 0. The summed E-state index contributed by atoms with van der Waals surface area (Å²) in [5.74, 6) is 1.66. The van der Waals surface area contributed by atoms with Crippen LogP contribution in [0, 0.1) is 11.8 Å². The molecular weight excluding hydrogens is 406 g/mol. The van der Waals surface area contributed by atoms with Gasteiger partial charge in [-0.15, -0.1) is 10.2 Å². The zero-order valence-electron chi connectivity index (χ0n) is 19.1. The van der Waals surface area contributed by atoms with Gasteiger partial charge in [0.25, 0.3) is 0 Å². The lowest BCUT2D eigenvalue weighted by Crippen LogP contribution is -2.36. The van der Waals surface area contributed by atoms with Crippen LogP contribution in [-0.2, 0) is 9.53 Å². The fourth-order valence-corrected chi connectivity index (χ4v) is 4.59. The minimum Gasteiger partial charge on any atom is -0.444 e. The van der Waals surface area contributed by atoms with Crippen LogP contribution in [0.3, 0.4) is 0 Å². The number of hydrogen-bond acceptors (Lipinski definition) is 6. The number of benzene rings is 1. The summed E-state index contributed by atoms with van der Waals surface area (Å²) in [6, 6.07) is 11.8. The van der Waals surface area contributed by atoms with E-state index >= 15 is 0 Å². The van der Waals surface area contributed by atoms with Gasteiger partial charge in [0.15, 0.2) is 0 Å². The molecule has 1 aliphatic carbocycles. The molecule has 8 heteroatoms. The van der Waals surface area contributed by atoms with E-state index in [1.165, 1.54) is 6.92 Å². The Hall–Kier alpha value is -3.16. The first-order chi connectivity index (χ1) is 15.2. The largest absolute Gasteiger partial charge is 0.444 e. The Morgan fingerprint density at radius 2 is 1.66 bits per heavy atom. The smallest absolute Gasteiger partial charge is 0.410 e. The van der Waals surface area contributed by atoms with Crippen LogP contribution in [0.2, 0.25) is 0 Å². The van der Waals surface area contributed by atoms with Crippen molar-refractivity contribution in [3.05, 3.63) is 36.4 Å². The molecule has 2 heterocycles. The topological polar surface area (TPSA) is 96.5 Å². The van der Waals surface area contributed by atoms with Crippen LogP contribution < -0.4 is 10.6 Å². The summed E-state index contributed by atoms with van der Waals surface area (Å²) in [4.78, 5) is 25.3. The normalized spacial score (nSPS) is 22.4. The van der Waals surface area contributed by atoms with Crippen LogP contribution in [0.15, 0.2) is 36.4 Å². The molecule has 2 fully saturated rings. The van der Waals surface area contributed by atoms with Crippen molar-refractivity contribution < 1.29 is 14.3 Å². The third-order valence-electron chi connectivity index (χ3n) is 5.92. The second-order valence-electron chi connectivity index (χ2n) is 9.78. The molecule has 0 spiro atoms. The number of nitrogens with one attached hydrogen (secondary N) is 2. The average Bonchev–Trinajstić information content (AvgIpc) is 3.26. The lowest BCUT2D eigenvalue weighted by molar-refractivity contribution is -0.114. The Morgan fingerprint density at radius 1 is 1.00 bits per heavy atom. The zero-order valence-corrected chi connectivity index (χ0v) is 19.1. The maximum absolute atomic E-state index is 12.3. The molecule has 32 heavy (non-hydrogen) atoms. The van der Waals surface area contributed by atoms with Crippen molar-refractivity contribution >= 4 is 23.5 Å². The summed E-state index contributed by atoms with van der Waals surface area (Å²) in [6.45, 7) is 8.70. The summed E-state index contributed by atoms with van der Waals surface area (Å²) in [5, 5.41) is 15.0. The molecule has 2 aromatic rings. The molecule has 3 atom stereocenters. The first-order valence-electron chi connectivity index (χ1n) is 11.1. The van der Waals surface area contributed by atoms with Gasteiger partial charge in [-0.3, -0.25) is 4.79 Å². The highest BCUT2D eigenvalue weighted by Gasteiger charge is 2.43. The van der Waals surface area contributed by atoms with E-state index in [0.717, 1.165) is 48.7 Å². The van der Waals surface area contributed by atoms with E-state index in [-0.39, 0.29) is 12.0 Å². The number of nitrogens with zero attached hydrogens (tertiary/aromatic N) is 3. The van der Waals surface area contributed by atoms with Crippen molar-refractivity contribution in [2.75, 3.05) is 23.7 Å². The van der Waals surface area contributed by atoms with Gasteiger partial charge >= 0.3 is 6.09 Å². The minimum absolute atomic E-state index is 0.0958. The van der Waals surface area contributed by atoms with Crippen LogP contribution in [-0.4, -0.2) is 51.8 Å². The Labute approximate surface area is 188 Å². The van der Waals surface area contributed by atoms with Crippen LogP contribution in [0.5, 0.6) is 0 Å². The van der Waals surface area contributed by atoms with E-state index < -0.39 is 5.60 Å². The molecule has 1 aromatic carbocycles. The molecule has 1 aliphatic heterocycles. The summed E-state index contributed by atoms with van der Waals surface area (Å²) in [6.07, 6.45) is 1.82. The fourth-order valence-electron chi connectivity index (χ4n) is 4.59. The van der Waals surface area contributed by atoms with Crippen molar-refractivity contribution in [2.24, 2.45) is 11.8 Å². The molecule has 1 saturated carbocycles. The van der Waals surface area contributed by atoms with Gasteiger partial charge in [-0.05, 0) is 69.7 Å². The third kappa shape index (κ3) is 5.36. The highest BCUT2D eigenvalue weighted by molar-refractivity contribution is 5.88. The second-order valence-corrected chi connectivity index (χ2v) is 9.78. The van der Waals surface area contributed by atoms with E-state index in [0.29, 0.717) is 17.9 Å². The lowest BCUT2D eigenvalue weighted by Gasteiger charge is -2.25. The van der Waals surface area contributed by atoms with Gasteiger partial charge in [0.2, 0.25) is 5.91 Å². The first-order valence-corrected chi connectivity index (χ1v) is 11.1. The SMILES string of the molecule is CC(=O)Nc1ccc(-c2ccc(NC3C[C@@H]4CN(C(=O)OC(C)(C)C)C[C@@H]4C3)nn2)cc1. The van der Waals surface area contributed by atoms with Crippen molar-refractivity contribution in [3.63, 3.8) is 0 Å².